The standard InChI is InChI=1S/C18H25N3O4/c1-13(2)12-16(22)17(19)25-15-6-4-14(5-7-15)23-10-11-24-18-20-8-3-9-21-18/h3-9,13,16-17,22H,10-12,19H2,1-2H3. The maximum atomic E-state index is 9.94. The van der Waals surface area contributed by atoms with Gasteiger partial charge in [0.1, 0.15) is 30.8 Å². The quantitative estimate of drug-likeness (QED) is 0.501. The van der Waals surface area contributed by atoms with E-state index in [1.54, 1.807) is 42.7 Å². The predicted octanol–water partition coefficient (Wildman–Crippen LogP) is 2.00. The molecule has 2 rings (SSSR count). The number of ether oxygens (including phenoxy) is 3. The van der Waals surface area contributed by atoms with E-state index in [-0.39, 0.29) is 0 Å². The summed E-state index contributed by atoms with van der Waals surface area (Å²) in [5, 5.41) is 9.94. The van der Waals surface area contributed by atoms with Crippen molar-refractivity contribution in [2.45, 2.75) is 32.6 Å². The summed E-state index contributed by atoms with van der Waals surface area (Å²) >= 11 is 0. The van der Waals surface area contributed by atoms with Crippen LogP contribution in [0.4, 0.5) is 0 Å². The lowest BCUT2D eigenvalue weighted by atomic mass is 10.1. The Bertz CT molecular complexity index is 607. The number of aliphatic hydroxyl groups is 1. The molecule has 7 heteroatoms. The van der Waals surface area contributed by atoms with E-state index >= 15 is 0 Å². The molecule has 0 radical (unpaired) electrons. The number of nitrogens with two attached hydrogens (primary N) is 1. The lowest BCUT2D eigenvalue weighted by molar-refractivity contribution is 0.0268. The Kier molecular flexibility index (Phi) is 7.43. The Balaban J connectivity index is 1.72. The number of aliphatic hydroxyl groups excluding tert-OH is 1. The van der Waals surface area contributed by atoms with Gasteiger partial charge in [-0.25, -0.2) is 9.97 Å². The van der Waals surface area contributed by atoms with Gasteiger partial charge in [0.15, 0.2) is 6.23 Å². The third kappa shape index (κ3) is 6.94. The molecule has 136 valence electrons. The fraction of sp³-hybridized carbons (Fsp3) is 0.444. The monoisotopic (exact) mass is 347 g/mol. The van der Waals surface area contributed by atoms with Gasteiger partial charge in [0.05, 0.1) is 0 Å². The Morgan fingerprint density at radius 3 is 2.24 bits per heavy atom. The molecule has 2 atom stereocenters. The van der Waals surface area contributed by atoms with Crippen LogP contribution < -0.4 is 19.9 Å². The predicted molar refractivity (Wildman–Crippen MR) is 93.5 cm³/mol. The zero-order valence-corrected chi connectivity index (χ0v) is 14.5. The van der Waals surface area contributed by atoms with Crippen molar-refractivity contribution < 1.29 is 19.3 Å². The van der Waals surface area contributed by atoms with E-state index < -0.39 is 12.3 Å². The van der Waals surface area contributed by atoms with Gasteiger partial charge in [-0.1, -0.05) is 13.8 Å². The Hall–Kier alpha value is -2.38. The second-order valence-corrected chi connectivity index (χ2v) is 5.98. The van der Waals surface area contributed by atoms with Crippen LogP contribution in [0.1, 0.15) is 20.3 Å². The Labute approximate surface area is 147 Å². The smallest absolute Gasteiger partial charge is 0.316 e. The molecule has 0 aliphatic carbocycles. The highest BCUT2D eigenvalue weighted by atomic mass is 16.5. The molecule has 0 saturated carbocycles. The highest BCUT2D eigenvalue weighted by Gasteiger charge is 2.17. The highest BCUT2D eigenvalue weighted by molar-refractivity contribution is 5.31. The molecule has 1 heterocycles. The van der Waals surface area contributed by atoms with Gasteiger partial charge in [0, 0.05) is 12.4 Å². The van der Waals surface area contributed by atoms with E-state index in [1.165, 1.54) is 0 Å². The zero-order valence-electron chi connectivity index (χ0n) is 14.5. The molecular weight excluding hydrogens is 322 g/mol. The molecule has 2 unspecified atom stereocenters. The van der Waals surface area contributed by atoms with Gasteiger partial charge in [-0.05, 0) is 42.7 Å². The first-order valence-corrected chi connectivity index (χ1v) is 8.27. The molecule has 0 spiro atoms. The second kappa shape index (κ2) is 9.80. The van der Waals surface area contributed by atoms with Crippen LogP contribution in [0.3, 0.4) is 0 Å². The lowest BCUT2D eigenvalue weighted by Crippen LogP contribution is -2.40. The van der Waals surface area contributed by atoms with Crippen LogP contribution in [0.5, 0.6) is 17.5 Å². The average Bonchev–Trinajstić information content (AvgIpc) is 2.60. The van der Waals surface area contributed by atoms with Crippen molar-refractivity contribution in [1.29, 1.82) is 0 Å². The molecular formula is C18H25N3O4. The van der Waals surface area contributed by atoms with Crippen molar-refractivity contribution >= 4 is 0 Å². The molecule has 3 N–H and O–H groups in total. The summed E-state index contributed by atoms with van der Waals surface area (Å²) in [4.78, 5) is 7.91. The number of aromatic nitrogens is 2. The molecule has 0 aliphatic heterocycles. The first-order chi connectivity index (χ1) is 12.0. The zero-order chi connectivity index (χ0) is 18.1. The minimum Gasteiger partial charge on any atom is -0.490 e. The molecule has 0 saturated heterocycles. The Morgan fingerprint density at radius 2 is 1.60 bits per heavy atom. The van der Waals surface area contributed by atoms with Crippen molar-refractivity contribution in [3.05, 3.63) is 42.7 Å². The van der Waals surface area contributed by atoms with Crippen LogP contribution in [0, 0.1) is 5.92 Å². The van der Waals surface area contributed by atoms with Gasteiger partial charge in [0.25, 0.3) is 0 Å². The maximum Gasteiger partial charge on any atom is 0.316 e. The van der Waals surface area contributed by atoms with Crippen LogP contribution in [0.15, 0.2) is 42.7 Å². The normalized spacial score (nSPS) is 13.3. The summed E-state index contributed by atoms with van der Waals surface area (Å²) in [7, 11) is 0. The van der Waals surface area contributed by atoms with E-state index in [0.717, 1.165) is 0 Å². The van der Waals surface area contributed by atoms with E-state index in [1.807, 2.05) is 13.8 Å². The van der Waals surface area contributed by atoms with E-state index in [9.17, 15) is 5.11 Å². The molecule has 25 heavy (non-hydrogen) atoms. The topological polar surface area (TPSA) is 99.7 Å². The number of hydrogen-bond donors (Lipinski definition) is 2. The lowest BCUT2D eigenvalue weighted by Gasteiger charge is -2.21. The molecule has 0 aliphatic rings. The van der Waals surface area contributed by atoms with Crippen LogP contribution >= 0.6 is 0 Å². The molecule has 0 fully saturated rings. The van der Waals surface area contributed by atoms with Gasteiger partial charge >= 0.3 is 6.01 Å². The third-order valence-corrected chi connectivity index (χ3v) is 3.31. The third-order valence-electron chi connectivity index (χ3n) is 3.31. The van der Waals surface area contributed by atoms with Crippen molar-refractivity contribution in [2.24, 2.45) is 11.7 Å². The number of rotatable bonds is 10. The SMILES string of the molecule is CC(C)CC(O)C(N)Oc1ccc(OCCOc2ncccn2)cc1. The summed E-state index contributed by atoms with van der Waals surface area (Å²) in [5.41, 5.74) is 5.86. The summed E-state index contributed by atoms with van der Waals surface area (Å²) < 4.78 is 16.5. The summed E-state index contributed by atoms with van der Waals surface area (Å²) in [6, 6.07) is 9.09. The van der Waals surface area contributed by atoms with Crippen molar-refractivity contribution in [1.82, 2.24) is 9.97 Å². The van der Waals surface area contributed by atoms with Crippen LogP contribution in [-0.2, 0) is 0 Å². The second-order valence-electron chi connectivity index (χ2n) is 5.98. The molecule has 0 bridgehead atoms. The highest BCUT2D eigenvalue weighted by Crippen LogP contribution is 2.19. The molecule has 1 aromatic carbocycles. The minimum absolute atomic E-state index is 0.323. The maximum absolute atomic E-state index is 9.94. The summed E-state index contributed by atoms with van der Waals surface area (Å²) in [6.07, 6.45) is 2.37. The largest absolute Gasteiger partial charge is 0.490 e. The number of hydrogen-bond acceptors (Lipinski definition) is 7. The summed E-state index contributed by atoms with van der Waals surface area (Å²) in [6.45, 7) is 4.75. The van der Waals surface area contributed by atoms with Crippen LogP contribution in [0.2, 0.25) is 0 Å². The molecule has 1 aromatic heterocycles. The summed E-state index contributed by atoms with van der Waals surface area (Å²) in [5.74, 6) is 1.61. The van der Waals surface area contributed by atoms with Crippen LogP contribution in [-0.4, -0.2) is 40.6 Å². The number of benzene rings is 1. The molecule has 0 amide bonds. The van der Waals surface area contributed by atoms with Gasteiger partial charge in [-0.15, -0.1) is 0 Å². The van der Waals surface area contributed by atoms with Gasteiger partial charge in [-0.3, -0.25) is 5.73 Å². The van der Waals surface area contributed by atoms with Crippen molar-refractivity contribution in [2.75, 3.05) is 13.2 Å². The van der Waals surface area contributed by atoms with Gasteiger partial charge in [0.2, 0.25) is 0 Å². The van der Waals surface area contributed by atoms with E-state index in [4.69, 9.17) is 19.9 Å². The van der Waals surface area contributed by atoms with Gasteiger partial charge < -0.3 is 19.3 Å². The van der Waals surface area contributed by atoms with E-state index in [0.29, 0.717) is 43.1 Å². The number of nitrogens with zero attached hydrogens (tertiary/aromatic N) is 2. The molecule has 7 nitrogen and oxygen atoms in total. The van der Waals surface area contributed by atoms with Gasteiger partial charge in [-0.2, -0.15) is 0 Å². The average molecular weight is 347 g/mol. The van der Waals surface area contributed by atoms with E-state index in [2.05, 4.69) is 9.97 Å². The minimum atomic E-state index is -0.756. The fourth-order valence-electron chi connectivity index (χ4n) is 2.12. The van der Waals surface area contributed by atoms with Crippen molar-refractivity contribution in [3.8, 4) is 17.5 Å². The first-order valence-electron chi connectivity index (χ1n) is 8.27. The fourth-order valence-corrected chi connectivity index (χ4v) is 2.12. The van der Waals surface area contributed by atoms with Crippen molar-refractivity contribution in [3.63, 3.8) is 0 Å². The first kappa shape index (κ1) is 19.0. The Morgan fingerprint density at radius 1 is 1.00 bits per heavy atom. The van der Waals surface area contributed by atoms with Crippen LogP contribution in [0.25, 0.3) is 0 Å². The molecule has 2 aromatic rings.